The van der Waals surface area contributed by atoms with Crippen molar-refractivity contribution in [1.82, 2.24) is 0 Å². The first kappa shape index (κ1) is 18.0. The van der Waals surface area contributed by atoms with Gasteiger partial charge >= 0.3 is 0 Å². The van der Waals surface area contributed by atoms with Crippen molar-refractivity contribution < 1.29 is 14.3 Å². The molecule has 5 nitrogen and oxygen atoms in total. The monoisotopic (exact) mass is 352 g/mol. The number of hydrogen-bond donors (Lipinski definition) is 1. The van der Waals surface area contributed by atoms with E-state index in [4.69, 9.17) is 4.74 Å². The van der Waals surface area contributed by atoms with E-state index in [1.165, 1.54) is 5.56 Å². The molecule has 0 aromatic heterocycles. The number of hydrogen-bond acceptors (Lipinski definition) is 3. The lowest BCUT2D eigenvalue weighted by molar-refractivity contribution is -0.121. The highest BCUT2D eigenvalue weighted by Crippen LogP contribution is 2.32. The Morgan fingerprint density at radius 1 is 1.19 bits per heavy atom. The van der Waals surface area contributed by atoms with E-state index in [2.05, 4.69) is 19.2 Å². The van der Waals surface area contributed by atoms with Crippen molar-refractivity contribution in [3.05, 3.63) is 53.6 Å². The minimum Gasteiger partial charge on any atom is -0.482 e. The summed E-state index contributed by atoms with van der Waals surface area (Å²) in [4.78, 5) is 26.1. The van der Waals surface area contributed by atoms with Gasteiger partial charge < -0.3 is 15.0 Å². The number of aryl methyl sites for hydroxylation is 1. The quantitative estimate of drug-likeness (QED) is 0.888. The van der Waals surface area contributed by atoms with Crippen LogP contribution in [0.15, 0.2) is 42.5 Å². The van der Waals surface area contributed by atoms with Crippen molar-refractivity contribution in [3.8, 4) is 5.75 Å². The first-order chi connectivity index (χ1) is 12.4. The highest BCUT2D eigenvalue weighted by atomic mass is 16.5. The van der Waals surface area contributed by atoms with Crippen LogP contribution in [0.2, 0.25) is 0 Å². The Bertz CT molecular complexity index is 813. The molecule has 26 heavy (non-hydrogen) atoms. The summed E-state index contributed by atoms with van der Waals surface area (Å²) < 4.78 is 5.46. The molecular formula is C21H24N2O3. The van der Waals surface area contributed by atoms with Crippen molar-refractivity contribution in [1.29, 1.82) is 0 Å². The van der Waals surface area contributed by atoms with Crippen LogP contribution in [-0.2, 0) is 9.59 Å². The Hall–Kier alpha value is -2.82. The van der Waals surface area contributed by atoms with Crippen molar-refractivity contribution >= 4 is 23.2 Å². The lowest BCUT2D eigenvalue weighted by atomic mass is 10.0. The Morgan fingerprint density at radius 3 is 2.62 bits per heavy atom. The summed E-state index contributed by atoms with van der Waals surface area (Å²) in [6.45, 7) is 6.56. The summed E-state index contributed by atoms with van der Waals surface area (Å²) >= 11 is 0. The maximum atomic E-state index is 12.3. The fourth-order valence-corrected chi connectivity index (χ4v) is 2.95. The summed E-state index contributed by atoms with van der Waals surface area (Å²) in [7, 11) is 0. The first-order valence-electron chi connectivity index (χ1n) is 8.87. The summed E-state index contributed by atoms with van der Waals surface area (Å²) in [5.41, 5.74) is 3.77. The fraction of sp³-hybridized carbons (Fsp3) is 0.333. The van der Waals surface area contributed by atoms with E-state index in [0.29, 0.717) is 18.2 Å². The zero-order valence-corrected chi connectivity index (χ0v) is 15.4. The third-order valence-electron chi connectivity index (χ3n) is 4.48. The molecule has 0 fully saturated rings. The van der Waals surface area contributed by atoms with Gasteiger partial charge in [0.2, 0.25) is 5.91 Å². The number of fused-ring (bicyclic) bond motifs is 1. The molecule has 1 N–H and O–H groups in total. The topological polar surface area (TPSA) is 58.6 Å². The second-order valence-corrected chi connectivity index (χ2v) is 6.88. The number of amides is 2. The van der Waals surface area contributed by atoms with Gasteiger partial charge in [-0.05, 0) is 48.2 Å². The third-order valence-corrected chi connectivity index (χ3v) is 4.48. The van der Waals surface area contributed by atoms with Crippen LogP contribution in [0.25, 0.3) is 0 Å². The minimum atomic E-state index is -0.128. The van der Waals surface area contributed by atoms with Gasteiger partial charge in [-0.15, -0.1) is 0 Å². The Morgan fingerprint density at radius 2 is 1.92 bits per heavy atom. The van der Waals surface area contributed by atoms with Crippen molar-refractivity contribution in [2.24, 2.45) is 0 Å². The zero-order valence-electron chi connectivity index (χ0n) is 15.4. The second-order valence-electron chi connectivity index (χ2n) is 6.88. The molecule has 0 radical (unpaired) electrons. The molecule has 0 atom stereocenters. The van der Waals surface area contributed by atoms with E-state index in [0.717, 1.165) is 16.9 Å². The van der Waals surface area contributed by atoms with E-state index >= 15 is 0 Å². The zero-order chi connectivity index (χ0) is 18.7. The molecule has 1 aliphatic rings. The van der Waals surface area contributed by atoms with Gasteiger partial charge in [-0.3, -0.25) is 9.59 Å². The number of ether oxygens (including phenoxy) is 1. The molecule has 2 aromatic rings. The van der Waals surface area contributed by atoms with Gasteiger partial charge in [0.05, 0.1) is 5.69 Å². The van der Waals surface area contributed by atoms with Gasteiger partial charge in [0, 0.05) is 18.7 Å². The number of nitrogens with zero attached hydrogens (tertiary/aromatic N) is 1. The van der Waals surface area contributed by atoms with Crippen LogP contribution < -0.4 is 15.0 Å². The van der Waals surface area contributed by atoms with Crippen LogP contribution in [0.4, 0.5) is 11.4 Å². The van der Waals surface area contributed by atoms with Gasteiger partial charge in [0.15, 0.2) is 6.61 Å². The largest absolute Gasteiger partial charge is 0.482 e. The van der Waals surface area contributed by atoms with Crippen molar-refractivity contribution in [2.45, 2.75) is 33.1 Å². The number of nitrogens with one attached hydrogen (secondary N) is 1. The SMILES string of the molecule is Cc1ccc2c(c1)N(CCC(=O)Nc1ccc(C(C)C)cc1)C(=O)CO2. The van der Waals surface area contributed by atoms with Crippen LogP contribution in [0, 0.1) is 6.92 Å². The van der Waals surface area contributed by atoms with Crippen LogP contribution in [0.5, 0.6) is 5.75 Å². The molecule has 5 heteroatoms. The highest BCUT2D eigenvalue weighted by Gasteiger charge is 2.25. The summed E-state index contributed by atoms with van der Waals surface area (Å²) in [6.07, 6.45) is 0.227. The van der Waals surface area contributed by atoms with Gasteiger partial charge in [0.1, 0.15) is 5.75 Å². The maximum Gasteiger partial charge on any atom is 0.265 e. The molecule has 3 rings (SSSR count). The predicted molar refractivity (Wildman–Crippen MR) is 103 cm³/mol. The van der Waals surface area contributed by atoms with Crippen LogP contribution in [0.1, 0.15) is 37.3 Å². The molecule has 0 saturated carbocycles. The molecule has 0 aliphatic carbocycles. The van der Waals surface area contributed by atoms with E-state index < -0.39 is 0 Å². The molecule has 1 aliphatic heterocycles. The van der Waals surface area contributed by atoms with E-state index in [9.17, 15) is 9.59 Å². The van der Waals surface area contributed by atoms with Crippen LogP contribution >= 0.6 is 0 Å². The molecular weight excluding hydrogens is 328 g/mol. The third kappa shape index (κ3) is 4.04. The molecule has 0 bridgehead atoms. The van der Waals surface area contributed by atoms with Crippen LogP contribution in [0.3, 0.4) is 0 Å². The van der Waals surface area contributed by atoms with Gasteiger partial charge in [0.25, 0.3) is 5.91 Å². The molecule has 1 heterocycles. The standard InChI is InChI=1S/C21H24N2O3/c1-14(2)16-5-7-17(8-6-16)22-20(24)10-11-23-18-12-15(3)4-9-19(18)26-13-21(23)25/h4-9,12,14H,10-11,13H2,1-3H3,(H,22,24). The van der Waals surface area contributed by atoms with E-state index in [-0.39, 0.29) is 24.8 Å². The van der Waals surface area contributed by atoms with Gasteiger partial charge in [-0.1, -0.05) is 32.0 Å². The number of carbonyl (C=O) groups excluding carboxylic acids is 2. The maximum absolute atomic E-state index is 12.3. The average Bonchev–Trinajstić information content (AvgIpc) is 2.61. The number of anilines is 2. The Balaban J connectivity index is 1.62. The smallest absolute Gasteiger partial charge is 0.265 e. The molecule has 2 amide bonds. The van der Waals surface area contributed by atoms with Crippen molar-refractivity contribution in [3.63, 3.8) is 0 Å². The normalized spacial score (nSPS) is 13.4. The lowest BCUT2D eigenvalue weighted by Gasteiger charge is -2.29. The summed E-state index contributed by atoms with van der Waals surface area (Å²) in [5.74, 6) is 0.892. The Kier molecular flexibility index (Phi) is 5.26. The summed E-state index contributed by atoms with van der Waals surface area (Å²) in [5, 5.41) is 2.89. The van der Waals surface area contributed by atoms with Crippen molar-refractivity contribution in [2.75, 3.05) is 23.4 Å². The minimum absolute atomic E-state index is 0.00828. The number of benzene rings is 2. The molecule has 0 unspecified atom stereocenters. The lowest BCUT2D eigenvalue weighted by Crippen LogP contribution is -2.40. The fourth-order valence-electron chi connectivity index (χ4n) is 2.95. The molecule has 0 spiro atoms. The van der Waals surface area contributed by atoms with Gasteiger partial charge in [-0.2, -0.15) is 0 Å². The number of rotatable bonds is 5. The molecule has 2 aromatic carbocycles. The predicted octanol–water partition coefficient (Wildman–Crippen LogP) is 3.87. The van der Waals surface area contributed by atoms with E-state index in [1.54, 1.807) is 4.90 Å². The average molecular weight is 352 g/mol. The first-order valence-corrected chi connectivity index (χ1v) is 8.87. The molecule has 136 valence electrons. The van der Waals surface area contributed by atoms with Gasteiger partial charge in [-0.25, -0.2) is 0 Å². The molecule has 0 saturated heterocycles. The van der Waals surface area contributed by atoms with E-state index in [1.807, 2.05) is 49.4 Å². The highest BCUT2D eigenvalue weighted by molar-refractivity contribution is 5.99. The van der Waals surface area contributed by atoms with Crippen LogP contribution in [-0.4, -0.2) is 25.0 Å². The Labute approximate surface area is 154 Å². The summed E-state index contributed by atoms with van der Waals surface area (Å²) in [6, 6.07) is 13.6. The number of carbonyl (C=O) groups is 2. The second kappa shape index (κ2) is 7.60.